The largest absolute Gasteiger partial charge is 0.345 e. The van der Waals surface area contributed by atoms with Crippen LogP contribution in [-0.2, 0) is 11.3 Å². The Hall–Kier alpha value is -1.79. The van der Waals surface area contributed by atoms with Crippen molar-refractivity contribution in [3.05, 3.63) is 35.9 Å². The van der Waals surface area contributed by atoms with Gasteiger partial charge >= 0.3 is 6.03 Å². The van der Waals surface area contributed by atoms with Gasteiger partial charge in [0, 0.05) is 46.2 Å². The van der Waals surface area contributed by atoms with Gasteiger partial charge in [0.2, 0.25) is 5.91 Å². The van der Waals surface area contributed by atoms with Crippen molar-refractivity contribution in [3.8, 4) is 0 Å². The Morgan fingerprint density at radius 2 is 1.68 bits per heavy atom. The molecule has 1 aromatic rings. The summed E-state index contributed by atoms with van der Waals surface area (Å²) in [7, 11) is 3.68. The van der Waals surface area contributed by atoms with Gasteiger partial charge in [-0.05, 0) is 30.4 Å². The Kier molecular flexibility index (Phi) is 9.24. The smallest absolute Gasteiger partial charge is 0.320 e. The van der Waals surface area contributed by atoms with Gasteiger partial charge in [-0.3, -0.25) is 4.79 Å². The predicted molar refractivity (Wildman–Crippen MR) is 115 cm³/mol. The van der Waals surface area contributed by atoms with Gasteiger partial charge in [-0.2, -0.15) is 0 Å². The fraction of sp³-hybridized carbons (Fsp3) is 0.619. The molecule has 7 heteroatoms. The first-order chi connectivity index (χ1) is 12.7. The number of nitrogens with zero attached hydrogens (tertiary/aromatic N) is 3. The summed E-state index contributed by atoms with van der Waals surface area (Å²) in [6, 6.07) is 10.0. The molecule has 1 aromatic carbocycles. The van der Waals surface area contributed by atoms with E-state index in [9.17, 15) is 9.59 Å². The maximum absolute atomic E-state index is 12.7. The molecule has 6 nitrogen and oxygen atoms in total. The number of halogens is 1. The number of urea groups is 1. The first-order valence-electron chi connectivity index (χ1n) is 9.72. The van der Waals surface area contributed by atoms with Crippen LogP contribution < -0.4 is 5.73 Å². The van der Waals surface area contributed by atoms with E-state index in [1.54, 1.807) is 9.80 Å². The van der Waals surface area contributed by atoms with Crippen LogP contribution in [0.1, 0.15) is 32.3 Å². The normalized spacial score (nSPS) is 15.0. The molecule has 0 spiro atoms. The third-order valence-corrected chi connectivity index (χ3v) is 5.30. The molecular weight excluding hydrogens is 376 g/mol. The van der Waals surface area contributed by atoms with E-state index >= 15 is 0 Å². The molecule has 1 heterocycles. The maximum atomic E-state index is 12.7. The highest BCUT2D eigenvalue weighted by molar-refractivity contribution is 5.85. The molecule has 0 atom stereocenters. The molecule has 2 rings (SSSR count). The van der Waals surface area contributed by atoms with Crippen LogP contribution in [0.15, 0.2) is 30.3 Å². The Bertz CT molecular complexity index is 631. The van der Waals surface area contributed by atoms with E-state index < -0.39 is 0 Å². The van der Waals surface area contributed by atoms with Crippen LogP contribution in [-0.4, -0.2) is 66.9 Å². The first kappa shape index (κ1) is 24.2. The van der Waals surface area contributed by atoms with Gasteiger partial charge in [0.25, 0.3) is 0 Å². The summed E-state index contributed by atoms with van der Waals surface area (Å²) in [5.74, 6) is 0.160. The molecule has 1 aliphatic rings. The average molecular weight is 411 g/mol. The Morgan fingerprint density at radius 1 is 1.11 bits per heavy atom. The number of benzene rings is 1. The summed E-state index contributed by atoms with van der Waals surface area (Å²) in [5.41, 5.74) is 6.81. The van der Waals surface area contributed by atoms with E-state index in [4.69, 9.17) is 5.73 Å². The fourth-order valence-corrected chi connectivity index (χ4v) is 3.58. The molecule has 3 amide bonds. The number of carbonyl (C=O) groups is 2. The van der Waals surface area contributed by atoms with Gasteiger partial charge in [0.1, 0.15) is 0 Å². The molecule has 2 N–H and O–H groups in total. The summed E-state index contributed by atoms with van der Waals surface area (Å²) in [6.45, 7) is 7.19. The van der Waals surface area contributed by atoms with Crippen molar-refractivity contribution in [2.24, 2.45) is 17.1 Å². The summed E-state index contributed by atoms with van der Waals surface area (Å²) in [5, 5.41) is 0. The summed E-state index contributed by atoms with van der Waals surface area (Å²) in [4.78, 5) is 30.8. The van der Waals surface area contributed by atoms with Crippen LogP contribution in [0.2, 0.25) is 0 Å². The lowest BCUT2D eigenvalue weighted by Crippen LogP contribution is -2.48. The number of amides is 3. The zero-order valence-corrected chi connectivity index (χ0v) is 18.4. The third-order valence-electron chi connectivity index (χ3n) is 5.30. The summed E-state index contributed by atoms with van der Waals surface area (Å²) in [6.07, 6.45) is 1.44. The minimum Gasteiger partial charge on any atom is -0.345 e. The van der Waals surface area contributed by atoms with Gasteiger partial charge < -0.3 is 20.4 Å². The molecule has 1 aliphatic heterocycles. The molecule has 0 radical (unpaired) electrons. The number of rotatable bonds is 6. The van der Waals surface area contributed by atoms with Crippen molar-refractivity contribution in [2.45, 2.75) is 33.2 Å². The topological polar surface area (TPSA) is 69.9 Å². The van der Waals surface area contributed by atoms with Gasteiger partial charge in [0.15, 0.2) is 0 Å². The Balaban J connectivity index is 0.00000392. The van der Waals surface area contributed by atoms with Crippen molar-refractivity contribution in [1.82, 2.24) is 14.7 Å². The molecule has 0 aromatic heterocycles. The van der Waals surface area contributed by atoms with Crippen LogP contribution >= 0.6 is 12.4 Å². The number of hydrogen-bond donors (Lipinski definition) is 1. The monoisotopic (exact) mass is 410 g/mol. The lowest BCUT2D eigenvalue weighted by molar-refractivity contribution is -0.136. The van der Waals surface area contributed by atoms with Crippen molar-refractivity contribution in [1.29, 1.82) is 0 Å². The number of carbonyl (C=O) groups excluding carboxylic acids is 2. The zero-order valence-electron chi connectivity index (χ0n) is 17.6. The second kappa shape index (κ2) is 10.7. The van der Waals surface area contributed by atoms with Crippen LogP contribution in [0.5, 0.6) is 0 Å². The number of nitrogens with two attached hydrogens (primary N) is 1. The number of likely N-dealkylation sites (tertiary alicyclic amines) is 1. The number of piperidine rings is 1. The van der Waals surface area contributed by atoms with Gasteiger partial charge in [0.05, 0.1) is 0 Å². The second-order valence-electron chi connectivity index (χ2n) is 8.45. The lowest BCUT2D eigenvalue weighted by Gasteiger charge is -2.36. The van der Waals surface area contributed by atoms with E-state index in [2.05, 4.69) is 13.8 Å². The first-order valence-corrected chi connectivity index (χ1v) is 9.72. The Morgan fingerprint density at radius 3 is 2.21 bits per heavy atom. The zero-order chi connectivity index (χ0) is 20.0. The third kappa shape index (κ3) is 6.67. The van der Waals surface area contributed by atoms with Crippen molar-refractivity contribution in [3.63, 3.8) is 0 Å². The molecule has 158 valence electrons. The minimum absolute atomic E-state index is 0. The van der Waals surface area contributed by atoms with Crippen molar-refractivity contribution in [2.75, 3.05) is 40.3 Å². The van der Waals surface area contributed by atoms with E-state index in [0.717, 1.165) is 18.4 Å². The van der Waals surface area contributed by atoms with Gasteiger partial charge in [-0.1, -0.05) is 44.2 Å². The van der Waals surface area contributed by atoms with E-state index in [-0.39, 0.29) is 35.7 Å². The Labute approximate surface area is 175 Å². The highest BCUT2D eigenvalue weighted by atomic mass is 35.5. The molecule has 1 fully saturated rings. The molecule has 0 saturated carbocycles. The molecule has 0 unspecified atom stereocenters. The molecule has 28 heavy (non-hydrogen) atoms. The standard InChI is InChI=1S/C21H34N4O2.ClH/c1-21(2,15-22)16-24(4)19(26)18-10-12-25(13-11-18)20(27)23(3)14-17-8-6-5-7-9-17;/h5-9,18H,10-16,22H2,1-4H3;1H. The fourth-order valence-electron chi connectivity index (χ4n) is 3.58. The van der Waals surface area contributed by atoms with Gasteiger partial charge in [-0.15, -0.1) is 12.4 Å². The molecule has 1 saturated heterocycles. The second-order valence-corrected chi connectivity index (χ2v) is 8.45. The van der Waals surface area contributed by atoms with Crippen LogP contribution in [0.4, 0.5) is 4.79 Å². The van der Waals surface area contributed by atoms with E-state index in [1.807, 2.05) is 49.3 Å². The van der Waals surface area contributed by atoms with Crippen LogP contribution in [0, 0.1) is 11.3 Å². The van der Waals surface area contributed by atoms with Crippen molar-refractivity contribution >= 4 is 24.3 Å². The summed E-state index contributed by atoms with van der Waals surface area (Å²) >= 11 is 0. The lowest BCUT2D eigenvalue weighted by atomic mass is 9.91. The average Bonchev–Trinajstić information content (AvgIpc) is 2.67. The highest BCUT2D eigenvalue weighted by Gasteiger charge is 2.31. The highest BCUT2D eigenvalue weighted by Crippen LogP contribution is 2.22. The molecule has 0 bridgehead atoms. The molecule has 0 aliphatic carbocycles. The van der Waals surface area contributed by atoms with Crippen LogP contribution in [0.25, 0.3) is 0 Å². The predicted octanol–water partition coefficient (Wildman–Crippen LogP) is 2.82. The summed E-state index contributed by atoms with van der Waals surface area (Å²) < 4.78 is 0. The quantitative estimate of drug-likeness (QED) is 0.783. The van der Waals surface area contributed by atoms with Crippen LogP contribution in [0.3, 0.4) is 0 Å². The van der Waals surface area contributed by atoms with E-state index in [0.29, 0.717) is 32.7 Å². The number of hydrogen-bond acceptors (Lipinski definition) is 3. The maximum Gasteiger partial charge on any atom is 0.320 e. The molecular formula is C21H35ClN4O2. The minimum atomic E-state index is -0.0821. The van der Waals surface area contributed by atoms with E-state index in [1.165, 1.54) is 0 Å². The SMILES string of the molecule is CN(CC(C)(C)CN)C(=O)C1CCN(C(=O)N(C)Cc2ccccc2)CC1.Cl. The van der Waals surface area contributed by atoms with Crippen molar-refractivity contribution < 1.29 is 9.59 Å². The van der Waals surface area contributed by atoms with Gasteiger partial charge in [-0.25, -0.2) is 4.79 Å².